The van der Waals surface area contributed by atoms with E-state index in [0.29, 0.717) is 15.6 Å². The molecule has 0 aliphatic heterocycles. The molecule has 2 rings (SSSR count). The third kappa shape index (κ3) is 4.23. The molecule has 1 aromatic carbocycles. The first-order valence-corrected chi connectivity index (χ1v) is 7.83. The Morgan fingerprint density at radius 2 is 1.90 bits per heavy atom. The highest BCUT2D eigenvalue weighted by Crippen LogP contribution is 2.18. The van der Waals surface area contributed by atoms with Crippen molar-refractivity contribution in [1.29, 1.82) is 0 Å². The first kappa shape index (κ1) is 14.8. The Bertz CT molecular complexity index is 746. The molecule has 0 aliphatic carbocycles. The lowest BCUT2D eigenvalue weighted by molar-refractivity contribution is 0.609. The number of hydrogen-bond donors (Lipinski definition) is 1. The summed E-state index contributed by atoms with van der Waals surface area (Å²) in [5, 5.41) is 1.89. The Morgan fingerprint density at radius 3 is 2.60 bits per heavy atom. The zero-order valence-corrected chi connectivity index (χ0v) is 12.5. The van der Waals surface area contributed by atoms with E-state index < -0.39 is 10.0 Å². The van der Waals surface area contributed by atoms with Crippen molar-refractivity contribution in [1.82, 2.24) is 4.98 Å². The molecule has 0 saturated heterocycles. The summed E-state index contributed by atoms with van der Waals surface area (Å²) >= 11 is 11.7. The van der Waals surface area contributed by atoms with Gasteiger partial charge in [-0.3, -0.25) is 4.72 Å². The van der Waals surface area contributed by atoms with E-state index in [-0.39, 0.29) is 5.82 Å². The number of hydrogen-bond acceptors (Lipinski definition) is 3. The zero-order valence-electron chi connectivity index (χ0n) is 10.1. The van der Waals surface area contributed by atoms with Crippen LogP contribution in [0, 0.1) is 0 Å². The van der Waals surface area contributed by atoms with Crippen LogP contribution in [-0.4, -0.2) is 13.4 Å². The molecule has 0 unspecified atom stereocenters. The van der Waals surface area contributed by atoms with Crippen molar-refractivity contribution in [3.8, 4) is 0 Å². The fourth-order valence-electron chi connectivity index (χ4n) is 1.41. The summed E-state index contributed by atoms with van der Waals surface area (Å²) in [4.78, 5) is 3.86. The molecule has 1 heterocycles. The van der Waals surface area contributed by atoms with Crippen LogP contribution in [0.4, 0.5) is 5.82 Å². The van der Waals surface area contributed by atoms with E-state index in [4.69, 9.17) is 23.2 Å². The van der Waals surface area contributed by atoms with Crippen LogP contribution >= 0.6 is 23.2 Å². The van der Waals surface area contributed by atoms with Crippen molar-refractivity contribution in [2.24, 2.45) is 0 Å². The molecule has 1 aromatic heterocycles. The maximum atomic E-state index is 11.9. The van der Waals surface area contributed by atoms with Gasteiger partial charge in [-0.1, -0.05) is 41.4 Å². The molecule has 2 aromatic rings. The number of rotatable bonds is 4. The Morgan fingerprint density at radius 1 is 1.15 bits per heavy atom. The van der Waals surface area contributed by atoms with Crippen LogP contribution in [0.2, 0.25) is 10.0 Å². The number of aromatic nitrogens is 1. The molecule has 0 radical (unpaired) electrons. The molecule has 20 heavy (non-hydrogen) atoms. The van der Waals surface area contributed by atoms with Gasteiger partial charge in [0.2, 0.25) is 0 Å². The SMILES string of the molecule is O=S(=O)(/C=C\c1ccccc1Cl)Nc1cc(Cl)ccn1. The second kappa shape index (κ2) is 6.26. The first-order valence-electron chi connectivity index (χ1n) is 5.53. The van der Waals surface area contributed by atoms with Crippen molar-refractivity contribution >= 4 is 45.1 Å². The Balaban J connectivity index is 2.18. The minimum absolute atomic E-state index is 0.154. The molecular weight excluding hydrogens is 319 g/mol. The average molecular weight is 329 g/mol. The van der Waals surface area contributed by atoms with E-state index in [2.05, 4.69) is 9.71 Å². The largest absolute Gasteiger partial charge is 0.264 e. The van der Waals surface area contributed by atoms with Gasteiger partial charge in [0, 0.05) is 22.3 Å². The van der Waals surface area contributed by atoms with Crippen molar-refractivity contribution in [2.75, 3.05) is 4.72 Å². The van der Waals surface area contributed by atoms with Crippen molar-refractivity contribution < 1.29 is 8.42 Å². The van der Waals surface area contributed by atoms with Crippen LogP contribution in [0.1, 0.15) is 5.56 Å². The number of halogens is 2. The van der Waals surface area contributed by atoms with E-state index in [0.717, 1.165) is 5.41 Å². The summed E-state index contributed by atoms with van der Waals surface area (Å²) in [6.07, 6.45) is 2.83. The minimum Gasteiger partial charge on any atom is -0.264 e. The lowest BCUT2D eigenvalue weighted by Crippen LogP contribution is -2.09. The summed E-state index contributed by atoms with van der Waals surface area (Å²) in [5.41, 5.74) is 0.610. The molecule has 7 heteroatoms. The number of sulfonamides is 1. The molecule has 0 amide bonds. The predicted molar refractivity (Wildman–Crippen MR) is 82.3 cm³/mol. The molecule has 104 valence electrons. The van der Waals surface area contributed by atoms with Crippen LogP contribution in [-0.2, 0) is 10.0 Å². The second-order valence-electron chi connectivity index (χ2n) is 3.83. The van der Waals surface area contributed by atoms with Crippen molar-refractivity contribution in [2.45, 2.75) is 0 Å². The highest BCUT2D eigenvalue weighted by atomic mass is 35.5. The van der Waals surface area contributed by atoms with Crippen LogP contribution in [0.3, 0.4) is 0 Å². The van der Waals surface area contributed by atoms with Crippen LogP contribution < -0.4 is 4.72 Å². The average Bonchev–Trinajstić information content (AvgIpc) is 2.37. The number of benzene rings is 1. The van der Waals surface area contributed by atoms with Crippen LogP contribution in [0.5, 0.6) is 0 Å². The minimum atomic E-state index is -3.68. The smallest absolute Gasteiger partial charge is 0.256 e. The summed E-state index contributed by atoms with van der Waals surface area (Å²) in [7, 11) is -3.68. The molecule has 0 spiro atoms. The van der Waals surface area contributed by atoms with Crippen LogP contribution in [0.25, 0.3) is 6.08 Å². The fraction of sp³-hybridized carbons (Fsp3) is 0. The first-order chi connectivity index (χ1) is 9.46. The van der Waals surface area contributed by atoms with Gasteiger partial charge in [0.1, 0.15) is 5.82 Å². The van der Waals surface area contributed by atoms with Gasteiger partial charge in [0.25, 0.3) is 10.0 Å². The van der Waals surface area contributed by atoms with Gasteiger partial charge >= 0.3 is 0 Å². The van der Waals surface area contributed by atoms with Gasteiger partial charge < -0.3 is 0 Å². The lowest BCUT2D eigenvalue weighted by atomic mass is 10.2. The molecule has 0 saturated carbocycles. The van der Waals surface area contributed by atoms with Gasteiger partial charge in [-0.15, -0.1) is 0 Å². The highest BCUT2D eigenvalue weighted by molar-refractivity contribution is 7.95. The van der Waals surface area contributed by atoms with Gasteiger partial charge in [0.15, 0.2) is 0 Å². The van der Waals surface area contributed by atoms with E-state index in [1.807, 2.05) is 0 Å². The Kier molecular flexibility index (Phi) is 4.65. The number of nitrogens with one attached hydrogen (secondary N) is 1. The summed E-state index contributed by atoms with van der Waals surface area (Å²) < 4.78 is 26.0. The number of nitrogens with zero attached hydrogens (tertiary/aromatic N) is 1. The molecule has 0 bridgehead atoms. The fourth-order valence-corrected chi connectivity index (χ4v) is 2.57. The molecular formula is C13H10Cl2N2O2S. The topological polar surface area (TPSA) is 59.1 Å². The Labute approximate surface area is 127 Å². The molecule has 0 aliphatic rings. The number of pyridine rings is 1. The zero-order chi connectivity index (χ0) is 14.6. The van der Waals surface area contributed by atoms with Gasteiger partial charge in [-0.2, -0.15) is 0 Å². The molecule has 4 nitrogen and oxygen atoms in total. The monoisotopic (exact) mass is 328 g/mol. The summed E-state index contributed by atoms with van der Waals surface area (Å²) in [6, 6.07) is 9.90. The van der Waals surface area contributed by atoms with Gasteiger partial charge in [0.05, 0.1) is 5.41 Å². The summed E-state index contributed by atoms with van der Waals surface area (Å²) in [6.45, 7) is 0. The molecule has 0 atom stereocenters. The summed E-state index contributed by atoms with van der Waals surface area (Å²) in [5.74, 6) is 0.154. The lowest BCUT2D eigenvalue weighted by Gasteiger charge is -2.03. The third-order valence-corrected chi connectivity index (χ3v) is 3.87. The van der Waals surface area contributed by atoms with E-state index in [1.54, 1.807) is 30.3 Å². The quantitative estimate of drug-likeness (QED) is 0.928. The number of anilines is 1. The Hall–Kier alpha value is -1.56. The standard InChI is InChI=1S/C13H10Cl2N2O2S/c14-11-5-7-16-13(9-11)17-20(18,19)8-6-10-3-1-2-4-12(10)15/h1-9H,(H,16,17)/b8-6-. The van der Waals surface area contributed by atoms with Crippen molar-refractivity contribution in [3.63, 3.8) is 0 Å². The normalized spacial score (nSPS) is 11.7. The van der Waals surface area contributed by atoms with E-state index in [9.17, 15) is 8.42 Å². The maximum absolute atomic E-state index is 11.9. The van der Waals surface area contributed by atoms with Crippen molar-refractivity contribution in [3.05, 3.63) is 63.6 Å². The van der Waals surface area contributed by atoms with E-state index in [1.165, 1.54) is 18.3 Å². The highest BCUT2D eigenvalue weighted by Gasteiger charge is 2.07. The second-order valence-corrected chi connectivity index (χ2v) is 6.24. The van der Waals surface area contributed by atoms with Gasteiger partial charge in [-0.05, 0) is 23.8 Å². The third-order valence-electron chi connectivity index (χ3n) is 2.30. The maximum Gasteiger partial charge on any atom is 0.256 e. The van der Waals surface area contributed by atoms with E-state index >= 15 is 0 Å². The predicted octanol–water partition coefficient (Wildman–Crippen LogP) is 3.80. The molecule has 0 fully saturated rings. The molecule has 1 N–H and O–H groups in total. The van der Waals surface area contributed by atoms with Gasteiger partial charge in [-0.25, -0.2) is 13.4 Å². The van der Waals surface area contributed by atoms with Crippen LogP contribution in [0.15, 0.2) is 48.0 Å².